The van der Waals surface area contributed by atoms with Gasteiger partial charge in [0.1, 0.15) is 0 Å². The Balaban J connectivity index is 1.58. The molecule has 1 saturated carbocycles. The fourth-order valence-corrected chi connectivity index (χ4v) is 3.21. The standard InChI is InChI=1S/C16H22N2O2/c19-16(20)12-18(14-6-7-14)15-8-10-17(11-9-15)13-4-2-1-3-5-13/h1-5,14-15H,6-12H2,(H,19,20). The fourth-order valence-electron chi connectivity index (χ4n) is 3.21. The van der Waals surface area contributed by atoms with Crippen molar-refractivity contribution in [1.29, 1.82) is 0 Å². The molecule has 2 fully saturated rings. The van der Waals surface area contributed by atoms with Crippen molar-refractivity contribution >= 4 is 11.7 Å². The Morgan fingerprint density at radius 1 is 1.10 bits per heavy atom. The molecule has 1 aromatic rings. The van der Waals surface area contributed by atoms with Crippen LogP contribution >= 0.6 is 0 Å². The highest BCUT2D eigenvalue weighted by atomic mass is 16.4. The molecular formula is C16H22N2O2. The summed E-state index contributed by atoms with van der Waals surface area (Å²) >= 11 is 0. The minimum atomic E-state index is -0.692. The summed E-state index contributed by atoms with van der Waals surface area (Å²) in [5.41, 5.74) is 1.28. The number of hydrogen-bond acceptors (Lipinski definition) is 3. The normalized spacial score (nSPS) is 20.4. The highest BCUT2D eigenvalue weighted by molar-refractivity contribution is 5.69. The highest BCUT2D eigenvalue weighted by Gasteiger charge is 2.36. The van der Waals surface area contributed by atoms with Crippen LogP contribution in [0.2, 0.25) is 0 Å². The number of para-hydroxylation sites is 1. The van der Waals surface area contributed by atoms with Crippen molar-refractivity contribution < 1.29 is 9.90 Å². The van der Waals surface area contributed by atoms with Gasteiger partial charge in [0.2, 0.25) is 0 Å². The van der Waals surface area contributed by atoms with E-state index in [0.29, 0.717) is 12.1 Å². The Bertz CT molecular complexity index is 451. The van der Waals surface area contributed by atoms with Crippen molar-refractivity contribution in [3.05, 3.63) is 30.3 Å². The van der Waals surface area contributed by atoms with Crippen LogP contribution in [0.3, 0.4) is 0 Å². The smallest absolute Gasteiger partial charge is 0.317 e. The van der Waals surface area contributed by atoms with E-state index in [1.165, 1.54) is 18.5 Å². The minimum Gasteiger partial charge on any atom is -0.480 e. The zero-order chi connectivity index (χ0) is 13.9. The van der Waals surface area contributed by atoms with Crippen LogP contribution in [0.15, 0.2) is 30.3 Å². The second kappa shape index (κ2) is 5.83. The number of anilines is 1. The van der Waals surface area contributed by atoms with Crippen molar-refractivity contribution in [3.63, 3.8) is 0 Å². The second-order valence-electron chi connectivity index (χ2n) is 5.85. The van der Waals surface area contributed by atoms with Gasteiger partial charge in [-0.25, -0.2) is 0 Å². The maximum atomic E-state index is 11.0. The number of rotatable bonds is 5. The molecule has 2 aliphatic rings. The number of carboxylic acids is 1. The number of hydrogen-bond donors (Lipinski definition) is 1. The summed E-state index contributed by atoms with van der Waals surface area (Å²) in [7, 11) is 0. The largest absolute Gasteiger partial charge is 0.480 e. The lowest BCUT2D eigenvalue weighted by molar-refractivity contribution is -0.139. The minimum absolute atomic E-state index is 0.209. The van der Waals surface area contributed by atoms with Gasteiger partial charge in [-0.15, -0.1) is 0 Å². The van der Waals surface area contributed by atoms with Gasteiger partial charge in [-0.3, -0.25) is 9.69 Å². The SMILES string of the molecule is O=C(O)CN(C1CC1)C1CCN(c2ccccc2)CC1. The lowest BCUT2D eigenvalue weighted by Gasteiger charge is -2.39. The molecular weight excluding hydrogens is 252 g/mol. The van der Waals surface area contributed by atoms with Crippen molar-refractivity contribution in [2.75, 3.05) is 24.5 Å². The van der Waals surface area contributed by atoms with Gasteiger partial charge in [0.15, 0.2) is 0 Å². The third kappa shape index (κ3) is 3.12. The van der Waals surface area contributed by atoms with E-state index in [4.69, 9.17) is 5.11 Å². The maximum Gasteiger partial charge on any atom is 0.317 e. The Hall–Kier alpha value is -1.55. The molecule has 1 saturated heterocycles. The molecule has 108 valence electrons. The van der Waals surface area contributed by atoms with Crippen LogP contribution in [0.4, 0.5) is 5.69 Å². The van der Waals surface area contributed by atoms with E-state index in [9.17, 15) is 4.79 Å². The van der Waals surface area contributed by atoms with Crippen LogP contribution < -0.4 is 4.90 Å². The highest BCUT2D eigenvalue weighted by Crippen LogP contribution is 2.32. The number of carboxylic acid groups (broad SMARTS) is 1. The van der Waals surface area contributed by atoms with Crippen molar-refractivity contribution in [3.8, 4) is 0 Å². The molecule has 1 aromatic carbocycles. The second-order valence-corrected chi connectivity index (χ2v) is 5.85. The summed E-state index contributed by atoms with van der Waals surface area (Å²) in [5, 5.41) is 9.07. The first-order valence-corrected chi connectivity index (χ1v) is 7.51. The average molecular weight is 274 g/mol. The summed E-state index contributed by atoms with van der Waals surface area (Å²) in [5.74, 6) is -0.692. The summed E-state index contributed by atoms with van der Waals surface area (Å²) in [6.45, 7) is 2.26. The van der Waals surface area contributed by atoms with E-state index in [-0.39, 0.29) is 6.54 Å². The monoisotopic (exact) mass is 274 g/mol. The lowest BCUT2D eigenvalue weighted by Crippen LogP contribution is -2.47. The first-order valence-electron chi connectivity index (χ1n) is 7.51. The molecule has 1 N–H and O–H groups in total. The maximum absolute atomic E-state index is 11.0. The Kier molecular flexibility index (Phi) is 3.92. The summed E-state index contributed by atoms with van der Waals surface area (Å²) in [6, 6.07) is 11.5. The van der Waals surface area contributed by atoms with E-state index in [1.807, 2.05) is 6.07 Å². The molecule has 1 aliphatic heterocycles. The van der Waals surface area contributed by atoms with Crippen molar-refractivity contribution in [1.82, 2.24) is 4.90 Å². The van der Waals surface area contributed by atoms with Gasteiger partial charge in [0.05, 0.1) is 6.54 Å². The Morgan fingerprint density at radius 2 is 1.70 bits per heavy atom. The third-order valence-corrected chi connectivity index (χ3v) is 4.39. The quantitative estimate of drug-likeness (QED) is 0.894. The number of aliphatic carboxylic acids is 1. The van der Waals surface area contributed by atoms with Crippen LogP contribution in [0.5, 0.6) is 0 Å². The third-order valence-electron chi connectivity index (χ3n) is 4.39. The average Bonchev–Trinajstić information content (AvgIpc) is 3.30. The summed E-state index contributed by atoms with van der Waals surface area (Å²) < 4.78 is 0. The van der Waals surface area contributed by atoms with Crippen molar-refractivity contribution in [2.45, 2.75) is 37.8 Å². The molecule has 20 heavy (non-hydrogen) atoms. The predicted molar refractivity (Wildman–Crippen MR) is 79.0 cm³/mol. The number of nitrogens with zero attached hydrogens (tertiary/aromatic N) is 2. The molecule has 1 aliphatic carbocycles. The number of benzene rings is 1. The lowest BCUT2D eigenvalue weighted by atomic mass is 10.0. The van der Waals surface area contributed by atoms with Gasteiger partial charge < -0.3 is 10.0 Å². The van der Waals surface area contributed by atoms with Gasteiger partial charge in [-0.1, -0.05) is 18.2 Å². The molecule has 0 radical (unpaired) electrons. The van der Waals surface area contributed by atoms with Gasteiger partial charge >= 0.3 is 5.97 Å². The zero-order valence-corrected chi connectivity index (χ0v) is 11.7. The molecule has 0 bridgehead atoms. The Labute approximate surface area is 120 Å². The van der Waals surface area contributed by atoms with Crippen LogP contribution in [-0.2, 0) is 4.79 Å². The first kappa shape index (κ1) is 13.4. The summed E-state index contributed by atoms with van der Waals surface area (Å²) in [6.07, 6.45) is 4.48. The van der Waals surface area contributed by atoms with Crippen molar-refractivity contribution in [2.24, 2.45) is 0 Å². The molecule has 0 spiro atoms. The van der Waals surface area contributed by atoms with E-state index in [1.54, 1.807) is 0 Å². The Morgan fingerprint density at radius 3 is 2.25 bits per heavy atom. The number of carbonyl (C=O) groups is 1. The molecule has 4 heteroatoms. The van der Waals surface area contributed by atoms with E-state index < -0.39 is 5.97 Å². The van der Waals surface area contributed by atoms with Gasteiger partial charge in [0, 0.05) is 30.9 Å². The topological polar surface area (TPSA) is 43.8 Å². The summed E-state index contributed by atoms with van der Waals surface area (Å²) in [4.78, 5) is 15.7. The predicted octanol–water partition coefficient (Wildman–Crippen LogP) is 2.20. The molecule has 0 unspecified atom stereocenters. The van der Waals surface area contributed by atoms with E-state index in [0.717, 1.165) is 25.9 Å². The molecule has 0 amide bonds. The molecule has 0 aromatic heterocycles. The van der Waals surface area contributed by atoms with Crippen LogP contribution in [-0.4, -0.2) is 47.7 Å². The van der Waals surface area contributed by atoms with Crippen LogP contribution in [0, 0.1) is 0 Å². The number of piperidine rings is 1. The fraction of sp³-hybridized carbons (Fsp3) is 0.562. The first-order chi connectivity index (χ1) is 9.74. The molecule has 3 rings (SSSR count). The van der Waals surface area contributed by atoms with Crippen LogP contribution in [0.25, 0.3) is 0 Å². The molecule has 1 heterocycles. The van der Waals surface area contributed by atoms with Gasteiger partial charge in [-0.2, -0.15) is 0 Å². The van der Waals surface area contributed by atoms with E-state index in [2.05, 4.69) is 34.1 Å². The molecule has 0 atom stereocenters. The zero-order valence-electron chi connectivity index (χ0n) is 11.7. The molecule has 4 nitrogen and oxygen atoms in total. The van der Waals surface area contributed by atoms with Gasteiger partial charge in [-0.05, 0) is 37.8 Å². The van der Waals surface area contributed by atoms with Crippen LogP contribution in [0.1, 0.15) is 25.7 Å². The van der Waals surface area contributed by atoms with Gasteiger partial charge in [0.25, 0.3) is 0 Å². The van der Waals surface area contributed by atoms with E-state index >= 15 is 0 Å².